The summed E-state index contributed by atoms with van der Waals surface area (Å²) in [6.45, 7) is 0.944. The molecule has 10 heteroatoms. The van der Waals surface area contributed by atoms with Gasteiger partial charge in [-0.2, -0.15) is 5.10 Å². The zero-order valence-electron chi connectivity index (χ0n) is 11.1. The summed E-state index contributed by atoms with van der Waals surface area (Å²) in [5.41, 5.74) is 0.0790. The summed E-state index contributed by atoms with van der Waals surface area (Å²) >= 11 is 0. The van der Waals surface area contributed by atoms with Gasteiger partial charge in [-0.3, -0.25) is 9.40 Å². The highest BCUT2D eigenvalue weighted by Gasteiger charge is 2.19. The fraction of sp³-hybridized carbons (Fsp3) is 0.273. The molecular weight excluding hydrogens is 300 g/mol. The third kappa shape index (κ3) is 3.61. The first kappa shape index (κ1) is 15.1. The third-order valence-electron chi connectivity index (χ3n) is 2.61. The van der Waals surface area contributed by atoms with Crippen molar-refractivity contribution < 1.29 is 23.1 Å². The van der Waals surface area contributed by atoms with Gasteiger partial charge in [-0.15, -0.1) is 0 Å². The van der Waals surface area contributed by atoms with E-state index in [9.17, 15) is 13.2 Å². The molecule has 2 aromatic heterocycles. The molecule has 0 aliphatic carbocycles. The van der Waals surface area contributed by atoms with Gasteiger partial charge in [0.25, 0.3) is 10.0 Å². The average Bonchev–Trinajstić information content (AvgIpc) is 3.04. The highest BCUT2D eigenvalue weighted by Crippen LogP contribution is 2.16. The first-order valence-electron chi connectivity index (χ1n) is 5.88. The standard InChI is InChI=1S/C11H14N4O5S/c1-20-3-2-15-7-8(5-13-15)14-21(18,19)9-4-10(11(16)17)12-6-9/h4-7,12,14H,2-3H2,1H3,(H,16,17). The minimum atomic E-state index is -3.86. The quantitative estimate of drug-likeness (QED) is 0.677. The van der Waals surface area contributed by atoms with E-state index in [0.717, 1.165) is 12.3 Å². The van der Waals surface area contributed by atoms with Crippen LogP contribution in [0.15, 0.2) is 29.6 Å². The van der Waals surface area contributed by atoms with E-state index in [1.165, 1.54) is 17.1 Å². The molecule has 2 heterocycles. The van der Waals surface area contributed by atoms with Gasteiger partial charge in [-0.05, 0) is 6.07 Å². The molecule has 9 nitrogen and oxygen atoms in total. The molecule has 0 saturated heterocycles. The van der Waals surface area contributed by atoms with E-state index in [-0.39, 0.29) is 16.3 Å². The van der Waals surface area contributed by atoms with E-state index in [2.05, 4.69) is 14.8 Å². The number of carboxylic acids is 1. The van der Waals surface area contributed by atoms with Crippen molar-refractivity contribution in [3.05, 3.63) is 30.4 Å². The molecule has 114 valence electrons. The van der Waals surface area contributed by atoms with Gasteiger partial charge in [0.15, 0.2) is 0 Å². The lowest BCUT2D eigenvalue weighted by Gasteiger charge is -2.03. The van der Waals surface area contributed by atoms with Crippen molar-refractivity contribution in [2.75, 3.05) is 18.4 Å². The minimum Gasteiger partial charge on any atom is -0.477 e. The fourth-order valence-corrected chi connectivity index (χ4v) is 2.61. The van der Waals surface area contributed by atoms with Crippen molar-refractivity contribution in [1.82, 2.24) is 14.8 Å². The summed E-state index contributed by atoms with van der Waals surface area (Å²) in [4.78, 5) is 12.9. The molecule has 0 spiro atoms. The summed E-state index contributed by atoms with van der Waals surface area (Å²) in [5.74, 6) is -1.23. The topological polar surface area (TPSA) is 126 Å². The molecule has 0 bridgehead atoms. The normalized spacial score (nSPS) is 11.5. The molecule has 0 radical (unpaired) electrons. The van der Waals surface area contributed by atoms with Gasteiger partial charge < -0.3 is 14.8 Å². The number of hydrogen-bond acceptors (Lipinski definition) is 5. The second-order valence-electron chi connectivity index (χ2n) is 4.14. The van der Waals surface area contributed by atoms with Crippen molar-refractivity contribution in [3.63, 3.8) is 0 Å². The first-order valence-corrected chi connectivity index (χ1v) is 7.36. The Balaban J connectivity index is 2.13. The molecule has 0 aromatic carbocycles. The number of anilines is 1. The summed E-state index contributed by atoms with van der Waals surface area (Å²) < 4.78 is 32.9. The monoisotopic (exact) mass is 314 g/mol. The molecule has 0 unspecified atom stereocenters. The largest absolute Gasteiger partial charge is 0.477 e. The number of H-pyrrole nitrogens is 1. The Bertz CT molecular complexity index is 733. The van der Waals surface area contributed by atoms with Gasteiger partial charge in [0.05, 0.1) is 25.0 Å². The lowest BCUT2D eigenvalue weighted by Crippen LogP contribution is -2.12. The Labute approximate surface area is 120 Å². The second kappa shape index (κ2) is 5.97. The Morgan fingerprint density at radius 3 is 2.95 bits per heavy atom. The van der Waals surface area contributed by atoms with E-state index in [1.54, 1.807) is 7.11 Å². The number of carbonyl (C=O) groups is 1. The number of rotatable bonds is 7. The number of nitrogens with one attached hydrogen (secondary N) is 2. The number of carboxylic acid groups (broad SMARTS) is 1. The van der Waals surface area contributed by atoms with Gasteiger partial charge in [0.1, 0.15) is 10.6 Å². The van der Waals surface area contributed by atoms with Crippen molar-refractivity contribution in [2.24, 2.45) is 0 Å². The molecule has 3 N–H and O–H groups in total. The van der Waals surface area contributed by atoms with Crippen LogP contribution in [0.4, 0.5) is 5.69 Å². The van der Waals surface area contributed by atoms with Gasteiger partial charge in [0.2, 0.25) is 0 Å². The lowest BCUT2D eigenvalue weighted by molar-refractivity contribution is 0.0691. The molecule has 2 aromatic rings. The maximum Gasteiger partial charge on any atom is 0.352 e. The molecule has 0 atom stereocenters. The molecule has 0 saturated carbocycles. The van der Waals surface area contributed by atoms with Crippen LogP contribution in [0, 0.1) is 0 Å². The second-order valence-corrected chi connectivity index (χ2v) is 5.83. The number of aromatic amines is 1. The zero-order chi connectivity index (χ0) is 15.5. The Kier molecular flexibility index (Phi) is 4.29. The predicted octanol–water partition coefficient (Wildman–Crippen LogP) is 0.357. The maximum atomic E-state index is 12.1. The maximum absolute atomic E-state index is 12.1. The van der Waals surface area contributed by atoms with Crippen molar-refractivity contribution in [2.45, 2.75) is 11.4 Å². The molecule has 0 amide bonds. The fourth-order valence-electron chi connectivity index (χ4n) is 1.59. The number of hydrogen-bond donors (Lipinski definition) is 3. The Hall–Kier alpha value is -2.33. The molecule has 2 rings (SSSR count). The predicted molar refractivity (Wildman–Crippen MR) is 72.7 cm³/mol. The van der Waals surface area contributed by atoms with Crippen LogP contribution < -0.4 is 4.72 Å². The van der Waals surface area contributed by atoms with E-state index < -0.39 is 16.0 Å². The zero-order valence-corrected chi connectivity index (χ0v) is 11.9. The van der Waals surface area contributed by atoms with E-state index >= 15 is 0 Å². The van der Waals surface area contributed by atoms with Crippen LogP contribution in [0.5, 0.6) is 0 Å². The van der Waals surface area contributed by atoms with Crippen LogP contribution in [0.25, 0.3) is 0 Å². The lowest BCUT2D eigenvalue weighted by atomic mass is 10.4. The van der Waals surface area contributed by atoms with Gasteiger partial charge in [-0.25, -0.2) is 13.2 Å². The number of nitrogens with zero attached hydrogens (tertiary/aromatic N) is 2. The van der Waals surface area contributed by atoms with Crippen LogP contribution in [0.3, 0.4) is 0 Å². The molecule has 0 aliphatic rings. The first-order chi connectivity index (χ1) is 9.92. The third-order valence-corrected chi connectivity index (χ3v) is 3.97. The van der Waals surface area contributed by atoms with Crippen LogP contribution >= 0.6 is 0 Å². The minimum absolute atomic E-state index is 0.162. The van der Waals surface area contributed by atoms with Crippen molar-refractivity contribution in [1.29, 1.82) is 0 Å². The van der Waals surface area contributed by atoms with Crippen LogP contribution in [-0.4, -0.2) is 48.0 Å². The van der Waals surface area contributed by atoms with Crippen molar-refractivity contribution >= 4 is 21.7 Å². The SMILES string of the molecule is COCCn1cc(NS(=O)(=O)c2c[nH]c(C(=O)O)c2)cn1. The Morgan fingerprint density at radius 1 is 1.57 bits per heavy atom. The molecule has 21 heavy (non-hydrogen) atoms. The van der Waals surface area contributed by atoms with Crippen LogP contribution in [0.2, 0.25) is 0 Å². The summed E-state index contributed by atoms with van der Waals surface area (Å²) in [6.07, 6.45) is 3.99. The van der Waals surface area contributed by atoms with Gasteiger partial charge >= 0.3 is 5.97 Å². The smallest absolute Gasteiger partial charge is 0.352 e. The highest BCUT2D eigenvalue weighted by molar-refractivity contribution is 7.92. The molecule has 0 fully saturated rings. The van der Waals surface area contributed by atoms with E-state index in [1.807, 2.05) is 0 Å². The van der Waals surface area contributed by atoms with Gasteiger partial charge in [-0.1, -0.05) is 0 Å². The van der Waals surface area contributed by atoms with Gasteiger partial charge in [0, 0.05) is 19.5 Å². The average molecular weight is 314 g/mol. The van der Waals surface area contributed by atoms with E-state index in [0.29, 0.717) is 13.2 Å². The Morgan fingerprint density at radius 2 is 2.33 bits per heavy atom. The molecular formula is C11H14N4O5S. The van der Waals surface area contributed by atoms with Crippen molar-refractivity contribution in [3.8, 4) is 0 Å². The number of methoxy groups -OCH3 is 1. The van der Waals surface area contributed by atoms with Crippen LogP contribution in [-0.2, 0) is 21.3 Å². The summed E-state index contributed by atoms with van der Waals surface area (Å²) in [6, 6.07) is 1.04. The number of aromatic nitrogens is 3. The molecule has 0 aliphatic heterocycles. The summed E-state index contributed by atoms with van der Waals surface area (Å²) in [5, 5.41) is 12.7. The number of sulfonamides is 1. The van der Waals surface area contributed by atoms with E-state index in [4.69, 9.17) is 9.84 Å². The summed E-state index contributed by atoms with van der Waals surface area (Å²) in [7, 11) is -2.31. The number of ether oxygens (including phenoxy) is 1. The highest BCUT2D eigenvalue weighted by atomic mass is 32.2. The number of aromatic carboxylic acids is 1. The van der Waals surface area contributed by atoms with Crippen LogP contribution in [0.1, 0.15) is 10.5 Å².